The van der Waals surface area contributed by atoms with Crippen molar-refractivity contribution in [2.75, 3.05) is 24.3 Å². The highest BCUT2D eigenvalue weighted by molar-refractivity contribution is 5.72. The molecule has 0 fully saturated rings. The van der Waals surface area contributed by atoms with E-state index < -0.39 is 23.9 Å². The molecule has 2 aromatic carbocycles. The number of aliphatic carboxylic acids is 1. The van der Waals surface area contributed by atoms with E-state index in [0.717, 1.165) is 17.7 Å². The van der Waals surface area contributed by atoms with Gasteiger partial charge in [-0.05, 0) is 29.8 Å². The van der Waals surface area contributed by atoms with Crippen molar-refractivity contribution >= 4 is 17.5 Å². The number of nitrogens with one attached hydrogen (secondary N) is 1. The molecule has 2 unspecified atom stereocenters. The lowest BCUT2D eigenvalue weighted by Crippen LogP contribution is -2.17. The molecule has 2 atom stereocenters. The molecule has 7 nitrogen and oxygen atoms in total. The first-order valence-electron chi connectivity index (χ1n) is 10.4. The summed E-state index contributed by atoms with van der Waals surface area (Å²) in [7, 11) is 3.56. The summed E-state index contributed by atoms with van der Waals surface area (Å²) in [5.74, 6) is -0.0823. The number of hydrogen-bond donors (Lipinski definition) is 3. The predicted molar refractivity (Wildman–Crippen MR) is 122 cm³/mol. The second-order valence-corrected chi connectivity index (χ2v) is 8.05. The lowest BCUT2D eigenvalue weighted by atomic mass is 9.99. The first-order chi connectivity index (χ1) is 16.0. The Kier molecular flexibility index (Phi) is 7.41. The Hall–Kier alpha value is -3.66. The van der Waals surface area contributed by atoms with Gasteiger partial charge in [-0.25, -0.2) is 9.97 Å². The van der Waals surface area contributed by atoms with Gasteiger partial charge in [-0.2, -0.15) is 13.2 Å². The van der Waals surface area contributed by atoms with E-state index in [0.29, 0.717) is 28.5 Å². The van der Waals surface area contributed by atoms with Crippen LogP contribution in [0.2, 0.25) is 0 Å². The topological polar surface area (TPSA) is 98.6 Å². The Morgan fingerprint density at radius 1 is 1.06 bits per heavy atom. The first-order valence-corrected chi connectivity index (χ1v) is 10.4. The second-order valence-electron chi connectivity index (χ2n) is 8.05. The smallest absolute Gasteiger partial charge is 0.416 e. The summed E-state index contributed by atoms with van der Waals surface area (Å²) in [5, 5.41) is 22.3. The number of anilines is 2. The minimum Gasteiger partial charge on any atom is -0.481 e. The molecule has 10 heteroatoms. The molecular formula is C24H25F3N4O3. The van der Waals surface area contributed by atoms with Crippen LogP contribution in [0.15, 0.2) is 54.7 Å². The van der Waals surface area contributed by atoms with Crippen LogP contribution in [-0.4, -0.2) is 40.2 Å². The molecule has 1 aromatic heterocycles. The lowest BCUT2D eigenvalue weighted by molar-refractivity contribution is -0.138. The third kappa shape index (κ3) is 6.02. The minimum atomic E-state index is -4.43. The van der Waals surface area contributed by atoms with Crippen LogP contribution in [0.4, 0.5) is 24.7 Å². The monoisotopic (exact) mass is 474 g/mol. The quantitative estimate of drug-likeness (QED) is 0.415. The van der Waals surface area contributed by atoms with E-state index in [4.69, 9.17) is 5.11 Å². The van der Waals surface area contributed by atoms with Crippen molar-refractivity contribution < 1.29 is 28.2 Å². The SMILES string of the molecule is CC(c1ccc(NC(O)c2ccc(C(F)(F)F)cc2)cc1)c1ncc(CC(=O)O)c(N(C)C)n1. The molecule has 0 saturated carbocycles. The number of hydrogen-bond acceptors (Lipinski definition) is 6. The number of carbonyl (C=O) groups is 1. The van der Waals surface area contributed by atoms with Crippen molar-refractivity contribution in [2.24, 2.45) is 0 Å². The van der Waals surface area contributed by atoms with Gasteiger partial charge in [-0.3, -0.25) is 4.79 Å². The van der Waals surface area contributed by atoms with Gasteiger partial charge in [0.25, 0.3) is 0 Å². The predicted octanol–water partition coefficient (Wildman–Crippen LogP) is 4.44. The molecule has 0 radical (unpaired) electrons. The second kappa shape index (κ2) is 10.1. The minimum absolute atomic E-state index is 0.177. The average Bonchev–Trinajstić information content (AvgIpc) is 2.78. The number of halogens is 3. The molecular weight excluding hydrogens is 449 g/mol. The molecule has 1 heterocycles. The van der Waals surface area contributed by atoms with Gasteiger partial charge in [0.15, 0.2) is 6.23 Å². The number of aliphatic hydroxyl groups excluding tert-OH is 1. The summed E-state index contributed by atoms with van der Waals surface area (Å²) < 4.78 is 38.1. The molecule has 3 aromatic rings. The highest BCUT2D eigenvalue weighted by Gasteiger charge is 2.30. The maximum Gasteiger partial charge on any atom is 0.416 e. The van der Waals surface area contributed by atoms with Crippen LogP contribution in [0.5, 0.6) is 0 Å². The number of aliphatic hydroxyl groups is 1. The number of alkyl halides is 3. The first kappa shape index (κ1) is 25.0. The van der Waals surface area contributed by atoms with Gasteiger partial charge in [-0.1, -0.05) is 31.2 Å². The summed E-state index contributed by atoms with van der Waals surface area (Å²) in [6.07, 6.45) is -4.27. The van der Waals surface area contributed by atoms with Crippen molar-refractivity contribution in [1.29, 1.82) is 0 Å². The summed E-state index contributed by atoms with van der Waals surface area (Å²) in [5.41, 5.74) is 1.51. The summed E-state index contributed by atoms with van der Waals surface area (Å²) in [6.45, 7) is 1.92. The van der Waals surface area contributed by atoms with Gasteiger partial charge in [0.05, 0.1) is 12.0 Å². The highest BCUT2D eigenvalue weighted by Crippen LogP contribution is 2.30. The van der Waals surface area contributed by atoms with Crippen molar-refractivity contribution in [3.63, 3.8) is 0 Å². The van der Waals surface area contributed by atoms with Crippen LogP contribution >= 0.6 is 0 Å². The van der Waals surface area contributed by atoms with Crippen LogP contribution in [0, 0.1) is 0 Å². The van der Waals surface area contributed by atoms with Gasteiger partial charge in [0, 0.05) is 43.0 Å². The Morgan fingerprint density at radius 2 is 1.65 bits per heavy atom. The summed E-state index contributed by atoms with van der Waals surface area (Å²) >= 11 is 0. The Labute approximate surface area is 194 Å². The Balaban J connectivity index is 1.72. The van der Waals surface area contributed by atoms with Gasteiger partial charge < -0.3 is 20.4 Å². The van der Waals surface area contributed by atoms with Crippen LogP contribution in [0.3, 0.4) is 0 Å². The number of carboxylic acid groups (broad SMARTS) is 1. The van der Waals surface area contributed by atoms with Crippen LogP contribution in [0.1, 0.15) is 47.1 Å². The van der Waals surface area contributed by atoms with E-state index in [-0.39, 0.29) is 12.3 Å². The van der Waals surface area contributed by atoms with Gasteiger partial charge >= 0.3 is 12.1 Å². The normalized spacial score (nSPS) is 13.3. The molecule has 34 heavy (non-hydrogen) atoms. The zero-order chi connectivity index (χ0) is 25.0. The lowest BCUT2D eigenvalue weighted by Gasteiger charge is -2.19. The maximum absolute atomic E-state index is 12.7. The summed E-state index contributed by atoms with van der Waals surface area (Å²) in [6, 6.07) is 11.4. The molecule has 0 aliphatic heterocycles. The number of nitrogens with zero attached hydrogens (tertiary/aromatic N) is 3. The molecule has 180 valence electrons. The molecule has 0 spiro atoms. The molecule has 0 saturated heterocycles. The van der Waals surface area contributed by atoms with Gasteiger partial charge in [0.1, 0.15) is 11.6 Å². The third-order valence-corrected chi connectivity index (χ3v) is 5.28. The molecule has 0 aliphatic rings. The fraction of sp³-hybridized carbons (Fsp3) is 0.292. The zero-order valence-electron chi connectivity index (χ0n) is 18.8. The number of aromatic nitrogens is 2. The largest absolute Gasteiger partial charge is 0.481 e. The van der Waals surface area contributed by atoms with Crippen LogP contribution in [0.25, 0.3) is 0 Å². The fourth-order valence-electron chi connectivity index (χ4n) is 3.41. The van der Waals surface area contributed by atoms with E-state index in [1.54, 1.807) is 31.1 Å². The van der Waals surface area contributed by atoms with Crippen molar-refractivity contribution in [3.05, 3.63) is 82.8 Å². The van der Waals surface area contributed by atoms with E-state index >= 15 is 0 Å². The Morgan fingerprint density at radius 3 is 2.18 bits per heavy atom. The van der Waals surface area contributed by atoms with Crippen molar-refractivity contribution in [3.8, 4) is 0 Å². The molecule has 3 rings (SSSR count). The number of rotatable bonds is 8. The molecule has 3 N–H and O–H groups in total. The van der Waals surface area contributed by atoms with Crippen LogP contribution in [-0.2, 0) is 17.4 Å². The molecule has 0 amide bonds. The van der Waals surface area contributed by atoms with Crippen molar-refractivity contribution in [1.82, 2.24) is 9.97 Å². The van der Waals surface area contributed by atoms with Gasteiger partial charge in [-0.15, -0.1) is 0 Å². The van der Waals surface area contributed by atoms with Crippen LogP contribution < -0.4 is 10.2 Å². The fourth-order valence-corrected chi connectivity index (χ4v) is 3.41. The molecule has 0 aliphatic carbocycles. The van der Waals surface area contributed by atoms with Gasteiger partial charge in [0.2, 0.25) is 0 Å². The van der Waals surface area contributed by atoms with E-state index in [9.17, 15) is 23.1 Å². The third-order valence-electron chi connectivity index (χ3n) is 5.28. The Bertz CT molecular complexity index is 1130. The van der Waals surface area contributed by atoms with E-state index in [2.05, 4.69) is 15.3 Å². The zero-order valence-corrected chi connectivity index (χ0v) is 18.8. The standard InChI is InChI=1S/C24H25F3N4O3/c1-14(21-28-13-17(12-20(32)33)22(30-21)31(2)3)15-6-10-19(11-7-15)29-23(34)16-4-8-18(9-5-16)24(25,26)27/h4-11,13-14,23,29,34H,12H2,1-3H3,(H,32,33). The number of carboxylic acids is 1. The summed E-state index contributed by atoms with van der Waals surface area (Å²) in [4.78, 5) is 21.7. The van der Waals surface area contributed by atoms with E-state index in [1.807, 2.05) is 19.1 Å². The number of benzene rings is 2. The van der Waals surface area contributed by atoms with Crippen molar-refractivity contribution in [2.45, 2.75) is 31.7 Å². The van der Waals surface area contributed by atoms with E-state index in [1.165, 1.54) is 18.3 Å². The average molecular weight is 474 g/mol. The molecule has 0 bridgehead atoms. The maximum atomic E-state index is 12.7. The highest BCUT2D eigenvalue weighted by atomic mass is 19.4.